The second kappa shape index (κ2) is 8.34. The SMILES string of the molecule is Cc1noc(-c2ccc(NS(C)(=O)=O)cc2)c1N(C(=O)O)C(C)c1ccc(F)c(F)c1. The third-order valence-corrected chi connectivity index (χ3v) is 5.15. The maximum atomic E-state index is 13.7. The fourth-order valence-corrected chi connectivity index (χ4v) is 3.68. The quantitative estimate of drug-likeness (QED) is 0.569. The highest BCUT2D eigenvalue weighted by atomic mass is 32.2. The average Bonchev–Trinajstić information content (AvgIpc) is 3.04. The predicted molar refractivity (Wildman–Crippen MR) is 110 cm³/mol. The molecule has 3 aromatic rings. The van der Waals surface area contributed by atoms with Crippen molar-refractivity contribution in [2.75, 3.05) is 15.9 Å². The Hall–Kier alpha value is -3.47. The number of sulfonamides is 1. The van der Waals surface area contributed by atoms with Crippen LogP contribution in [0.25, 0.3) is 11.3 Å². The Bertz CT molecular complexity index is 1230. The van der Waals surface area contributed by atoms with Gasteiger partial charge in [-0.15, -0.1) is 0 Å². The topological polar surface area (TPSA) is 113 Å². The molecule has 8 nitrogen and oxygen atoms in total. The molecule has 1 unspecified atom stereocenters. The maximum absolute atomic E-state index is 13.7. The zero-order chi connectivity index (χ0) is 22.9. The number of anilines is 2. The molecule has 3 rings (SSSR count). The minimum Gasteiger partial charge on any atom is -0.465 e. The highest BCUT2D eigenvalue weighted by molar-refractivity contribution is 7.92. The average molecular weight is 451 g/mol. The Labute approximate surface area is 177 Å². The van der Waals surface area contributed by atoms with E-state index in [1.165, 1.54) is 25.1 Å². The van der Waals surface area contributed by atoms with E-state index in [1.807, 2.05) is 0 Å². The number of rotatable bonds is 6. The van der Waals surface area contributed by atoms with Crippen LogP contribution < -0.4 is 9.62 Å². The lowest BCUT2D eigenvalue weighted by Crippen LogP contribution is -2.33. The molecule has 0 bridgehead atoms. The zero-order valence-electron chi connectivity index (χ0n) is 16.8. The molecule has 11 heteroatoms. The van der Waals surface area contributed by atoms with Crippen molar-refractivity contribution in [3.05, 3.63) is 65.4 Å². The van der Waals surface area contributed by atoms with Crippen LogP contribution in [0.15, 0.2) is 47.0 Å². The molecular weight excluding hydrogens is 432 g/mol. The number of hydrogen-bond donors (Lipinski definition) is 2. The number of nitrogens with zero attached hydrogens (tertiary/aromatic N) is 2. The molecule has 31 heavy (non-hydrogen) atoms. The van der Waals surface area contributed by atoms with Gasteiger partial charge >= 0.3 is 6.09 Å². The molecule has 0 saturated heterocycles. The van der Waals surface area contributed by atoms with Gasteiger partial charge in [0.25, 0.3) is 0 Å². The molecule has 2 aromatic carbocycles. The maximum Gasteiger partial charge on any atom is 0.412 e. The minimum atomic E-state index is -3.46. The van der Waals surface area contributed by atoms with Crippen molar-refractivity contribution in [3.63, 3.8) is 0 Å². The van der Waals surface area contributed by atoms with Crippen LogP contribution in [0.5, 0.6) is 0 Å². The van der Waals surface area contributed by atoms with E-state index >= 15 is 0 Å². The van der Waals surface area contributed by atoms with Gasteiger partial charge in [-0.2, -0.15) is 0 Å². The first-order chi connectivity index (χ1) is 14.5. The van der Waals surface area contributed by atoms with Crippen molar-refractivity contribution in [2.24, 2.45) is 0 Å². The normalized spacial score (nSPS) is 12.4. The van der Waals surface area contributed by atoms with Gasteiger partial charge in [-0.05, 0) is 55.8 Å². The third-order valence-electron chi connectivity index (χ3n) is 4.54. The van der Waals surface area contributed by atoms with Gasteiger partial charge in [-0.1, -0.05) is 11.2 Å². The summed E-state index contributed by atoms with van der Waals surface area (Å²) in [5, 5.41) is 13.7. The van der Waals surface area contributed by atoms with Crippen molar-refractivity contribution in [3.8, 4) is 11.3 Å². The Balaban J connectivity index is 2.04. The van der Waals surface area contributed by atoms with Crippen LogP contribution in [0.3, 0.4) is 0 Å². The Morgan fingerprint density at radius 1 is 1.16 bits per heavy atom. The molecule has 0 fully saturated rings. The van der Waals surface area contributed by atoms with Crippen LogP contribution in [0, 0.1) is 18.6 Å². The van der Waals surface area contributed by atoms with Crippen molar-refractivity contribution >= 4 is 27.5 Å². The van der Waals surface area contributed by atoms with E-state index in [2.05, 4.69) is 9.88 Å². The van der Waals surface area contributed by atoms with Gasteiger partial charge < -0.3 is 9.63 Å². The fourth-order valence-electron chi connectivity index (χ4n) is 3.12. The van der Waals surface area contributed by atoms with E-state index in [0.29, 0.717) is 11.3 Å². The van der Waals surface area contributed by atoms with Gasteiger partial charge in [-0.25, -0.2) is 22.0 Å². The number of carbonyl (C=O) groups is 1. The van der Waals surface area contributed by atoms with E-state index in [1.54, 1.807) is 19.1 Å². The standard InChI is InChI=1S/C20H19F2N3O5S/c1-11-18(25(20(26)27)12(2)14-6-9-16(21)17(22)10-14)19(30-23-11)13-4-7-15(8-5-13)24-31(3,28)29/h4-10,12,24H,1-3H3,(H,26,27). The predicted octanol–water partition coefficient (Wildman–Crippen LogP) is 4.55. The van der Waals surface area contributed by atoms with Gasteiger partial charge in [0, 0.05) is 11.3 Å². The summed E-state index contributed by atoms with van der Waals surface area (Å²) in [4.78, 5) is 13.1. The highest BCUT2D eigenvalue weighted by Crippen LogP contribution is 2.39. The van der Waals surface area contributed by atoms with Gasteiger partial charge in [0.15, 0.2) is 17.4 Å². The lowest BCUT2D eigenvalue weighted by molar-refractivity contribution is 0.199. The van der Waals surface area contributed by atoms with Crippen molar-refractivity contribution in [1.82, 2.24) is 5.16 Å². The number of halogens is 2. The summed E-state index contributed by atoms with van der Waals surface area (Å²) in [6, 6.07) is 8.32. The molecule has 1 heterocycles. The van der Waals surface area contributed by atoms with Gasteiger partial charge in [0.1, 0.15) is 11.4 Å². The zero-order valence-corrected chi connectivity index (χ0v) is 17.6. The van der Waals surface area contributed by atoms with Crippen LogP contribution in [0.4, 0.5) is 25.0 Å². The van der Waals surface area contributed by atoms with Crippen molar-refractivity contribution in [1.29, 1.82) is 0 Å². The molecule has 1 atom stereocenters. The fraction of sp³-hybridized carbons (Fsp3) is 0.200. The van der Waals surface area contributed by atoms with Gasteiger partial charge in [0.05, 0.1) is 12.3 Å². The van der Waals surface area contributed by atoms with Crippen LogP contribution in [0.1, 0.15) is 24.2 Å². The molecule has 0 aliphatic carbocycles. The van der Waals surface area contributed by atoms with Crippen LogP contribution in [0.2, 0.25) is 0 Å². The van der Waals surface area contributed by atoms with E-state index in [-0.39, 0.29) is 22.7 Å². The van der Waals surface area contributed by atoms with E-state index < -0.39 is 33.8 Å². The smallest absolute Gasteiger partial charge is 0.412 e. The van der Waals surface area contributed by atoms with Crippen molar-refractivity contribution < 1.29 is 31.6 Å². The van der Waals surface area contributed by atoms with E-state index in [4.69, 9.17) is 4.52 Å². The molecule has 0 aliphatic heterocycles. The molecular formula is C20H19F2N3O5S. The summed E-state index contributed by atoms with van der Waals surface area (Å²) in [7, 11) is -3.46. The van der Waals surface area contributed by atoms with Crippen LogP contribution >= 0.6 is 0 Å². The van der Waals surface area contributed by atoms with E-state index in [0.717, 1.165) is 23.3 Å². The third kappa shape index (κ3) is 4.82. The summed E-state index contributed by atoms with van der Waals surface area (Å²) < 4.78 is 57.4. The number of aromatic nitrogens is 1. The van der Waals surface area contributed by atoms with E-state index in [9.17, 15) is 27.1 Å². The first kappa shape index (κ1) is 22.2. The number of amides is 1. The number of hydrogen-bond acceptors (Lipinski definition) is 5. The lowest BCUT2D eigenvalue weighted by atomic mass is 10.0. The molecule has 1 aromatic heterocycles. The van der Waals surface area contributed by atoms with Crippen LogP contribution in [-0.4, -0.2) is 31.0 Å². The number of carboxylic acid groups (broad SMARTS) is 1. The minimum absolute atomic E-state index is 0.125. The highest BCUT2D eigenvalue weighted by Gasteiger charge is 2.31. The van der Waals surface area contributed by atoms with Crippen LogP contribution in [-0.2, 0) is 10.0 Å². The summed E-state index contributed by atoms with van der Waals surface area (Å²) in [6.45, 7) is 3.08. The first-order valence-electron chi connectivity index (χ1n) is 8.99. The van der Waals surface area contributed by atoms with Crippen molar-refractivity contribution in [2.45, 2.75) is 19.9 Å². The Morgan fingerprint density at radius 2 is 1.81 bits per heavy atom. The summed E-state index contributed by atoms with van der Waals surface area (Å²) >= 11 is 0. The molecule has 1 amide bonds. The first-order valence-corrected chi connectivity index (χ1v) is 10.9. The van der Waals surface area contributed by atoms with Gasteiger partial charge in [0.2, 0.25) is 10.0 Å². The summed E-state index contributed by atoms with van der Waals surface area (Å²) in [5.41, 5.74) is 1.40. The summed E-state index contributed by atoms with van der Waals surface area (Å²) in [5.74, 6) is -2.01. The number of aryl methyl sites for hydroxylation is 1. The summed E-state index contributed by atoms with van der Waals surface area (Å²) in [6.07, 6.45) is -0.330. The second-order valence-corrected chi connectivity index (χ2v) is 8.65. The largest absolute Gasteiger partial charge is 0.465 e. The molecule has 0 saturated carbocycles. The molecule has 0 aliphatic rings. The monoisotopic (exact) mass is 451 g/mol. The Morgan fingerprint density at radius 3 is 2.35 bits per heavy atom. The number of nitrogens with one attached hydrogen (secondary N) is 1. The molecule has 164 valence electrons. The molecule has 0 radical (unpaired) electrons. The molecule has 0 spiro atoms. The lowest BCUT2D eigenvalue weighted by Gasteiger charge is -2.26. The van der Waals surface area contributed by atoms with Gasteiger partial charge in [-0.3, -0.25) is 9.62 Å². The molecule has 2 N–H and O–H groups in total. The second-order valence-electron chi connectivity index (χ2n) is 6.90. The number of benzene rings is 2. The Kier molecular flexibility index (Phi) is 5.98.